The van der Waals surface area contributed by atoms with Gasteiger partial charge < -0.3 is 9.64 Å². The Morgan fingerprint density at radius 2 is 2.22 bits per heavy atom. The first-order chi connectivity index (χ1) is 11.1. The molecule has 1 atom stereocenters. The molecule has 2 aliphatic heterocycles. The van der Waals surface area contributed by atoms with Gasteiger partial charge in [0.2, 0.25) is 16.9 Å². The third-order valence-electron chi connectivity index (χ3n) is 3.97. The number of carbonyl (C=O) groups is 2. The summed E-state index contributed by atoms with van der Waals surface area (Å²) in [6, 6.07) is 2.14. The maximum Gasteiger partial charge on any atom is 0.229 e. The molecule has 1 aromatic rings. The molecule has 1 unspecified atom stereocenters. The zero-order chi connectivity index (χ0) is 16.4. The number of nitrogens with zero attached hydrogens (tertiary/aromatic N) is 5. The average Bonchev–Trinajstić information content (AvgIpc) is 3.10. The third kappa shape index (κ3) is 3.18. The minimum Gasteiger partial charge on any atom is -0.374 e. The molecule has 122 valence electrons. The van der Waals surface area contributed by atoms with Crippen molar-refractivity contribution in [3.8, 4) is 6.07 Å². The highest BCUT2D eigenvalue weighted by Gasteiger charge is 2.41. The number of ether oxygens (including phenoxy) is 1. The first kappa shape index (κ1) is 15.8. The van der Waals surface area contributed by atoms with E-state index in [1.165, 1.54) is 16.2 Å². The smallest absolute Gasteiger partial charge is 0.229 e. The topological polar surface area (TPSA) is 99.4 Å². The summed E-state index contributed by atoms with van der Waals surface area (Å²) in [5.74, 6) is -0.593. The maximum atomic E-state index is 12.3. The Labute approximate surface area is 137 Å². The quantitative estimate of drug-likeness (QED) is 0.773. The Kier molecular flexibility index (Phi) is 4.54. The van der Waals surface area contributed by atoms with Crippen LogP contribution in [0.3, 0.4) is 0 Å². The van der Waals surface area contributed by atoms with Crippen LogP contribution in [0.4, 0.5) is 5.13 Å². The van der Waals surface area contributed by atoms with E-state index >= 15 is 0 Å². The van der Waals surface area contributed by atoms with Crippen molar-refractivity contribution < 1.29 is 14.3 Å². The van der Waals surface area contributed by atoms with Crippen LogP contribution >= 0.6 is 11.3 Å². The van der Waals surface area contributed by atoms with Crippen molar-refractivity contribution in [2.75, 3.05) is 31.1 Å². The van der Waals surface area contributed by atoms with Crippen LogP contribution in [0, 0.1) is 23.2 Å². The predicted octanol–water partition coefficient (Wildman–Crippen LogP) is 0.409. The predicted molar refractivity (Wildman–Crippen MR) is 81.4 cm³/mol. The lowest BCUT2D eigenvalue weighted by atomic mass is 9.98. The summed E-state index contributed by atoms with van der Waals surface area (Å²) in [7, 11) is 0. The summed E-state index contributed by atoms with van der Waals surface area (Å²) in [5, 5.41) is 18.0. The standard InChI is InChI=1S/C14H17N5O3S/c1-2-22-8-11-16-17-14(23-11)19-7-10(3-12(19)20)13(21)18-5-9(4-15)6-18/h9-10H,2-3,5-8H2,1H3. The Bertz CT molecular complexity index is 649. The van der Waals surface area contributed by atoms with Crippen molar-refractivity contribution in [1.29, 1.82) is 5.26 Å². The van der Waals surface area contributed by atoms with Crippen LogP contribution in [0.25, 0.3) is 0 Å². The zero-order valence-corrected chi connectivity index (χ0v) is 13.6. The molecule has 3 rings (SSSR count). The lowest BCUT2D eigenvalue weighted by Gasteiger charge is -2.36. The molecule has 23 heavy (non-hydrogen) atoms. The fourth-order valence-electron chi connectivity index (χ4n) is 2.66. The minimum atomic E-state index is -0.360. The molecule has 2 aliphatic rings. The van der Waals surface area contributed by atoms with Crippen LogP contribution < -0.4 is 4.90 Å². The van der Waals surface area contributed by atoms with Gasteiger partial charge in [-0.1, -0.05) is 11.3 Å². The van der Waals surface area contributed by atoms with Gasteiger partial charge in [0.05, 0.1) is 17.9 Å². The van der Waals surface area contributed by atoms with Crippen LogP contribution in [0.5, 0.6) is 0 Å². The van der Waals surface area contributed by atoms with E-state index in [-0.39, 0.29) is 30.1 Å². The Balaban J connectivity index is 1.60. The van der Waals surface area contributed by atoms with E-state index in [1.54, 1.807) is 4.90 Å². The second kappa shape index (κ2) is 6.60. The molecule has 0 bridgehead atoms. The number of carbonyl (C=O) groups excluding carboxylic acids is 2. The molecule has 0 aromatic carbocycles. The molecule has 0 saturated carbocycles. The molecule has 0 aliphatic carbocycles. The second-order valence-electron chi connectivity index (χ2n) is 5.59. The SMILES string of the molecule is CCOCc1nnc(N2CC(C(=O)N3CC(C#N)C3)CC2=O)s1. The van der Waals surface area contributed by atoms with Gasteiger partial charge in [0.25, 0.3) is 0 Å². The fourth-order valence-corrected chi connectivity index (χ4v) is 3.46. The van der Waals surface area contributed by atoms with Crippen molar-refractivity contribution in [2.45, 2.75) is 20.0 Å². The van der Waals surface area contributed by atoms with Gasteiger partial charge in [-0.15, -0.1) is 10.2 Å². The number of hydrogen-bond acceptors (Lipinski definition) is 7. The van der Waals surface area contributed by atoms with Gasteiger partial charge in [0.15, 0.2) is 0 Å². The van der Waals surface area contributed by atoms with Crippen LogP contribution in [0.2, 0.25) is 0 Å². The summed E-state index contributed by atoms with van der Waals surface area (Å²) in [6.07, 6.45) is 0.187. The van der Waals surface area contributed by atoms with Crippen LogP contribution in [0.1, 0.15) is 18.4 Å². The molecule has 0 radical (unpaired) electrons. The molecule has 3 heterocycles. The van der Waals surface area contributed by atoms with E-state index in [0.717, 1.165) is 0 Å². The lowest BCUT2D eigenvalue weighted by molar-refractivity contribution is -0.140. The number of rotatable bonds is 5. The van der Waals surface area contributed by atoms with Crippen molar-refractivity contribution in [1.82, 2.24) is 15.1 Å². The van der Waals surface area contributed by atoms with E-state index < -0.39 is 0 Å². The van der Waals surface area contributed by atoms with Crippen molar-refractivity contribution >= 4 is 28.3 Å². The molecular formula is C14H17N5O3S. The summed E-state index contributed by atoms with van der Waals surface area (Å²) in [4.78, 5) is 27.7. The fraction of sp³-hybridized carbons (Fsp3) is 0.643. The molecule has 2 fully saturated rings. The zero-order valence-electron chi connectivity index (χ0n) is 12.8. The Morgan fingerprint density at radius 1 is 1.43 bits per heavy atom. The largest absolute Gasteiger partial charge is 0.374 e. The van der Waals surface area contributed by atoms with E-state index in [4.69, 9.17) is 10.00 Å². The summed E-state index contributed by atoms with van der Waals surface area (Å²) in [5.41, 5.74) is 0. The highest BCUT2D eigenvalue weighted by molar-refractivity contribution is 7.15. The van der Waals surface area contributed by atoms with E-state index in [2.05, 4.69) is 16.3 Å². The molecular weight excluding hydrogens is 318 g/mol. The number of hydrogen-bond donors (Lipinski definition) is 0. The number of nitriles is 1. The van der Waals surface area contributed by atoms with Gasteiger partial charge in [0.1, 0.15) is 11.6 Å². The molecule has 8 nitrogen and oxygen atoms in total. The van der Waals surface area contributed by atoms with Gasteiger partial charge in [0, 0.05) is 32.7 Å². The molecule has 2 amide bonds. The van der Waals surface area contributed by atoms with E-state index in [0.29, 0.717) is 43.0 Å². The average molecular weight is 335 g/mol. The van der Waals surface area contributed by atoms with Crippen molar-refractivity contribution in [3.63, 3.8) is 0 Å². The molecule has 9 heteroatoms. The van der Waals surface area contributed by atoms with E-state index in [1.807, 2.05) is 6.92 Å². The van der Waals surface area contributed by atoms with Gasteiger partial charge >= 0.3 is 0 Å². The summed E-state index contributed by atoms with van der Waals surface area (Å²) >= 11 is 1.31. The maximum absolute atomic E-state index is 12.3. The van der Waals surface area contributed by atoms with Crippen LogP contribution in [0.15, 0.2) is 0 Å². The van der Waals surface area contributed by atoms with Gasteiger partial charge in [-0.25, -0.2) is 0 Å². The Hall–Kier alpha value is -2.05. The monoisotopic (exact) mass is 335 g/mol. The van der Waals surface area contributed by atoms with Crippen LogP contribution in [-0.4, -0.2) is 53.2 Å². The van der Waals surface area contributed by atoms with E-state index in [9.17, 15) is 9.59 Å². The van der Waals surface area contributed by atoms with Crippen LogP contribution in [-0.2, 0) is 20.9 Å². The summed E-state index contributed by atoms with van der Waals surface area (Å²) in [6.45, 7) is 4.13. The number of aromatic nitrogens is 2. The minimum absolute atomic E-state index is 0.0496. The van der Waals surface area contributed by atoms with Gasteiger partial charge in [-0.05, 0) is 6.92 Å². The molecule has 0 N–H and O–H groups in total. The highest BCUT2D eigenvalue weighted by Crippen LogP contribution is 2.30. The second-order valence-corrected chi connectivity index (χ2v) is 6.63. The lowest BCUT2D eigenvalue weighted by Crippen LogP contribution is -2.51. The first-order valence-electron chi connectivity index (χ1n) is 7.51. The Morgan fingerprint density at radius 3 is 2.91 bits per heavy atom. The highest BCUT2D eigenvalue weighted by atomic mass is 32.1. The molecule has 1 aromatic heterocycles. The first-order valence-corrected chi connectivity index (χ1v) is 8.33. The third-order valence-corrected chi connectivity index (χ3v) is 4.89. The van der Waals surface area contributed by atoms with Crippen molar-refractivity contribution in [2.24, 2.45) is 11.8 Å². The van der Waals surface area contributed by atoms with Gasteiger partial charge in [-0.2, -0.15) is 5.26 Å². The summed E-state index contributed by atoms with van der Waals surface area (Å²) < 4.78 is 5.27. The van der Waals surface area contributed by atoms with Gasteiger partial charge in [-0.3, -0.25) is 14.5 Å². The normalized spacial score (nSPS) is 21.4. The number of amides is 2. The molecule has 0 spiro atoms. The van der Waals surface area contributed by atoms with Crippen molar-refractivity contribution in [3.05, 3.63) is 5.01 Å². The number of anilines is 1. The number of likely N-dealkylation sites (tertiary alicyclic amines) is 1. The molecule has 2 saturated heterocycles.